The molecule has 94 valence electrons. The van der Waals surface area contributed by atoms with Crippen LogP contribution >= 0.6 is 0 Å². The minimum absolute atomic E-state index is 0.317. The van der Waals surface area contributed by atoms with E-state index in [0.29, 0.717) is 0 Å². The first kappa shape index (κ1) is 15.0. The third kappa shape index (κ3) is 5.82. The monoisotopic (exact) mass is 250 g/mol. The normalized spacial score (nSPS) is 14.3. The van der Waals surface area contributed by atoms with Gasteiger partial charge in [0.05, 0.1) is 6.04 Å². The molecule has 0 aliphatic rings. The summed E-state index contributed by atoms with van der Waals surface area (Å²) in [6, 6.07) is -0.856. The van der Waals surface area contributed by atoms with Crippen LogP contribution in [0.25, 0.3) is 0 Å². The van der Waals surface area contributed by atoms with Crippen molar-refractivity contribution in [1.82, 2.24) is 5.32 Å². The number of carbonyl (C=O) groups is 2. The maximum absolute atomic E-state index is 11.5. The number of ketones is 1. The van der Waals surface area contributed by atoms with Crippen molar-refractivity contribution in [1.29, 1.82) is 0 Å². The highest BCUT2D eigenvalue weighted by Gasteiger charge is 2.26. The largest absolute Gasteiger partial charge is 0.346 e. The van der Waals surface area contributed by atoms with Gasteiger partial charge in [-0.3, -0.25) is 9.59 Å². The van der Waals surface area contributed by atoms with Crippen LogP contribution in [0.4, 0.5) is 0 Å². The lowest BCUT2D eigenvalue weighted by Gasteiger charge is -2.20. The van der Waals surface area contributed by atoms with E-state index in [9.17, 15) is 18.0 Å². The highest BCUT2D eigenvalue weighted by atomic mass is 32.2. The molecule has 0 aliphatic heterocycles. The third-order valence-electron chi connectivity index (χ3n) is 1.86. The molecule has 1 amide bonds. The number of hydrogen-bond donors (Lipinski definition) is 2. The van der Waals surface area contributed by atoms with Gasteiger partial charge in [0, 0.05) is 5.41 Å². The van der Waals surface area contributed by atoms with Gasteiger partial charge in [0.1, 0.15) is 5.75 Å². The van der Waals surface area contributed by atoms with Gasteiger partial charge in [-0.25, -0.2) is 13.6 Å². The summed E-state index contributed by atoms with van der Waals surface area (Å²) in [5.41, 5.74) is -0.629. The van der Waals surface area contributed by atoms with Gasteiger partial charge in [-0.05, 0) is 6.92 Å². The van der Waals surface area contributed by atoms with Gasteiger partial charge >= 0.3 is 0 Å². The molecule has 0 saturated carbocycles. The number of carbonyl (C=O) groups excluding carboxylic acids is 2. The molecule has 1 atom stereocenters. The van der Waals surface area contributed by atoms with Crippen LogP contribution < -0.4 is 10.5 Å². The fourth-order valence-corrected chi connectivity index (χ4v) is 1.46. The van der Waals surface area contributed by atoms with Crippen LogP contribution in [0.3, 0.4) is 0 Å². The van der Waals surface area contributed by atoms with E-state index in [1.807, 2.05) is 0 Å². The summed E-state index contributed by atoms with van der Waals surface area (Å²) in [7, 11) is -3.84. The molecule has 3 N–H and O–H groups in total. The van der Waals surface area contributed by atoms with Crippen LogP contribution in [-0.4, -0.2) is 31.9 Å². The molecule has 0 radical (unpaired) electrons. The number of nitrogens with two attached hydrogens (primary N) is 1. The molecule has 0 heterocycles. The van der Waals surface area contributed by atoms with Crippen LogP contribution in [0.2, 0.25) is 0 Å². The molecule has 0 rings (SSSR count). The first-order chi connectivity index (χ1) is 6.93. The number of sulfonamides is 1. The zero-order valence-corrected chi connectivity index (χ0v) is 10.7. The predicted molar refractivity (Wildman–Crippen MR) is 60.0 cm³/mol. The van der Waals surface area contributed by atoms with Gasteiger partial charge in [0.2, 0.25) is 15.9 Å². The molecule has 0 bridgehead atoms. The molecule has 16 heavy (non-hydrogen) atoms. The number of Topliss-reactive ketones (excluding diaryl/α,β-unsaturated/α-hetero) is 1. The molecule has 7 heteroatoms. The van der Waals surface area contributed by atoms with Crippen LogP contribution in [0.15, 0.2) is 0 Å². The van der Waals surface area contributed by atoms with Gasteiger partial charge in [0.25, 0.3) is 0 Å². The summed E-state index contributed by atoms with van der Waals surface area (Å²) in [6.45, 7) is 6.51. The van der Waals surface area contributed by atoms with Crippen molar-refractivity contribution in [2.75, 3.05) is 5.75 Å². The molecule has 0 fully saturated rings. The van der Waals surface area contributed by atoms with Gasteiger partial charge in [-0.1, -0.05) is 20.8 Å². The molecular weight excluding hydrogens is 232 g/mol. The van der Waals surface area contributed by atoms with Crippen molar-refractivity contribution in [2.45, 2.75) is 33.7 Å². The van der Waals surface area contributed by atoms with E-state index in [1.54, 1.807) is 20.8 Å². The van der Waals surface area contributed by atoms with Gasteiger partial charge in [-0.15, -0.1) is 0 Å². The Morgan fingerprint density at radius 1 is 1.31 bits per heavy atom. The second-order valence-electron chi connectivity index (χ2n) is 4.72. The second kappa shape index (κ2) is 4.92. The highest BCUT2D eigenvalue weighted by Crippen LogP contribution is 2.12. The lowest BCUT2D eigenvalue weighted by Crippen LogP contribution is -2.46. The minimum atomic E-state index is -3.84. The summed E-state index contributed by atoms with van der Waals surface area (Å²) < 4.78 is 21.3. The Labute approximate surface area is 95.6 Å². The Morgan fingerprint density at radius 3 is 2.06 bits per heavy atom. The van der Waals surface area contributed by atoms with E-state index in [-0.39, 0.29) is 5.91 Å². The van der Waals surface area contributed by atoms with Crippen LogP contribution in [0, 0.1) is 5.41 Å². The quantitative estimate of drug-likeness (QED) is 0.694. The molecule has 0 spiro atoms. The smallest absolute Gasteiger partial charge is 0.225 e. The maximum atomic E-state index is 11.5. The molecular formula is C9H18N2O4S. The van der Waals surface area contributed by atoms with Gasteiger partial charge in [0.15, 0.2) is 5.78 Å². The number of primary sulfonamides is 1. The summed E-state index contributed by atoms with van der Waals surface area (Å²) in [6.07, 6.45) is 0. The van der Waals surface area contributed by atoms with Crippen molar-refractivity contribution in [2.24, 2.45) is 10.6 Å². The summed E-state index contributed by atoms with van der Waals surface area (Å²) in [5.74, 6) is -1.71. The zero-order chi connectivity index (χ0) is 13.1. The van der Waals surface area contributed by atoms with Crippen LogP contribution in [0.5, 0.6) is 0 Å². The van der Waals surface area contributed by atoms with E-state index in [4.69, 9.17) is 5.14 Å². The fraction of sp³-hybridized carbons (Fsp3) is 0.778. The number of amides is 1. The van der Waals surface area contributed by atoms with Crippen LogP contribution in [0.1, 0.15) is 27.7 Å². The molecule has 0 aliphatic carbocycles. The molecule has 0 saturated heterocycles. The standard InChI is InChI=1S/C9H18N2O4S/c1-6(7(12)5-16(10,14)15)11-8(13)9(2,3)4/h6H,5H2,1-4H3,(H,11,13)(H2,10,14,15)/t6-/m0/s1. The van der Waals surface area contributed by atoms with Crippen molar-refractivity contribution < 1.29 is 18.0 Å². The highest BCUT2D eigenvalue weighted by molar-refractivity contribution is 7.89. The van der Waals surface area contributed by atoms with Gasteiger partial charge in [-0.2, -0.15) is 0 Å². The van der Waals surface area contributed by atoms with E-state index >= 15 is 0 Å². The fourth-order valence-electron chi connectivity index (χ4n) is 0.817. The Balaban J connectivity index is 4.44. The van der Waals surface area contributed by atoms with E-state index in [2.05, 4.69) is 5.32 Å². The van der Waals surface area contributed by atoms with Crippen molar-refractivity contribution in [3.8, 4) is 0 Å². The second-order valence-corrected chi connectivity index (χ2v) is 6.33. The lowest BCUT2D eigenvalue weighted by atomic mass is 9.95. The Morgan fingerprint density at radius 2 is 1.75 bits per heavy atom. The third-order valence-corrected chi connectivity index (χ3v) is 2.54. The zero-order valence-electron chi connectivity index (χ0n) is 9.90. The topological polar surface area (TPSA) is 106 Å². The van der Waals surface area contributed by atoms with E-state index in [0.717, 1.165) is 0 Å². The predicted octanol–water partition coefficient (Wildman–Crippen LogP) is -0.605. The first-order valence-electron chi connectivity index (χ1n) is 4.77. The van der Waals surface area contributed by atoms with E-state index < -0.39 is 33.0 Å². The number of hydrogen-bond acceptors (Lipinski definition) is 4. The molecule has 0 aromatic heterocycles. The Hall–Kier alpha value is -0.950. The van der Waals surface area contributed by atoms with Crippen molar-refractivity contribution in [3.05, 3.63) is 0 Å². The van der Waals surface area contributed by atoms with Crippen LogP contribution in [-0.2, 0) is 19.6 Å². The molecule has 0 aromatic carbocycles. The SMILES string of the molecule is C[C@H](NC(=O)C(C)(C)C)C(=O)CS(N)(=O)=O. The summed E-state index contributed by atoms with van der Waals surface area (Å²) in [5, 5.41) is 7.16. The first-order valence-corrected chi connectivity index (χ1v) is 6.49. The van der Waals surface area contributed by atoms with Gasteiger partial charge < -0.3 is 5.32 Å². The molecule has 0 unspecified atom stereocenters. The Kier molecular flexibility index (Phi) is 4.63. The number of nitrogens with one attached hydrogen (secondary N) is 1. The minimum Gasteiger partial charge on any atom is -0.346 e. The van der Waals surface area contributed by atoms with Crippen molar-refractivity contribution >= 4 is 21.7 Å². The lowest BCUT2D eigenvalue weighted by molar-refractivity contribution is -0.131. The Bertz CT molecular complexity index is 381. The molecule has 0 aromatic rings. The summed E-state index contributed by atoms with van der Waals surface area (Å²) >= 11 is 0. The average Bonchev–Trinajstić information content (AvgIpc) is 1.98. The average molecular weight is 250 g/mol. The molecule has 6 nitrogen and oxygen atoms in total. The van der Waals surface area contributed by atoms with E-state index in [1.165, 1.54) is 6.92 Å². The summed E-state index contributed by atoms with van der Waals surface area (Å²) in [4.78, 5) is 22.8. The number of rotatable bonds is 4. The van der Waals surface area contributed by atoms with Crippen molar-refractivity contribution in [3.63, 3.8) is 0 Å². The maximum Gasteiger partial charge on any atom is 0.225 e.